The van der Waals surface area contributed by atoms with Crippen LogP contribution in [0.1, 0.15) is 20.3 Å². The van der Waals surface area contributed by atoms with Crippen molar-refractivity contribution in [2.24, 2.45) is 5.41 Å². The number of nitrogens with zero attached hydrogens (tertiary/aromatic N) is 1. The second-order valence-corrected chi connectivity index (χ2v) is 5.53. The van der Waals surface area contributed by atoms with E-state index in [1.54, 1.807) is 6.07 Å². The van der Waals surface area contributed by atoms with Gasteiger partial charge in [-0.25, -0.2) is 13.1 Å². The molecule has 0 amide bonds. The van der Waals surface area contributed by atoms with Crippen molar-refractivity contribution < 1.29 is 8.42 Å². The summed E-state index contributed by atoms with van der Waals surface area (Å²) in [5.74, 6) is -0.445. The quantitative estimate of drug-likeness (QED) is 0.689. The van der Waals surface area contributed by atoms with E-state index in [1.165, 1.54) is 0 Å². The summed E-state index contributed by atoms with van der Waals surface area (Å²) in [7, 11) is -3.35. The highest BCUT2D eigenvalue weighted by molar-refractivity contribution is 7.89. The molecule has 4 nitrogen and oxygen atoms in total. The van der Waals surface area contributed by atoms with Crippen molar-refractivity contribution >= 4 is 10.0 Å². The molecular weight excluding hydrogens is 176 g/mol. The third-order valence-corrected chi connectivity index (χ3v) is 3.24. The molecule has 1 fully saturated rings. The lowest BCUT2D eigenvalue weighted by molar-refractivity contribution is 0.557. The molecule has 1 rings (SSSR count). The maximum absolute atomic E-state index is 11.0. The van der Waals surface area contributed by atoms with Gasteiger partial charge in [-0.05, 0) is 11.8 Å². The standard InChI is InChI=1S/C7H12N2O2S/c1-7(2)5-6(7)9-12(10,11)4-3-8/h6,9H,4-5H2,1-2H3. The molecule has 1 aliphatic carbocycles. The summed E-state index contributed by atoms with van der Waals surface area (Å²) in [6, 6.07) is 1.64. The van der Waals surface area contributed by atoms with Crippen molar-refractivity contribution in [3.63, 3.8) is 0 Å². The number of rotatable bonds is 3. The van der Waals surface area contributed by atoms with Crippen LogP contribution >= 0.6 is 0 Å². The van der Waals surface area contributed by atoms with Crippen molar-refractivity contribution in [1.29, 1.82) is 5.26 Å². The lowest BCUT2D eigenvalue weighted by Crippen LogP contribution is -2.30. The van der Waals surface area contributed by atoms with Crippen LogP contribution in [0.25, 0.3) is 0 Å². The molecule has 1 N–H and O–H groups in total. The smallest absolute Gasteiger partial charge is 0.211 e. The van der Waals surface area contributed by atoms with Gasteiger partial charge in [-0.3, -0.25) is 0 Å². The van der Waals surface area contributed by atoms with E-state index in [4.69, 9.17) is 5.26 Å². The van der Waals surface area contributed by atoms with Gasteiger partial charge in [0.25, 0.3) is 0 Å². The minimum atomic E-state index is -3.35. The Bertz CT molecular complexity index is 313. The Hall–Kier alpha value is -0.600. The third kappa shape index (κ3) is 2.19. The Labute approximate surface area is 72.6 Å². The first kappa shape index (κ1) is 9.49. The summed E-state index contributed by atoms with van der Waals surface area (Å²) in [6.45, 7) is 3.99. The largest absolute Gasteiger partial charge is 0.225 e. The lowest BCUT2D eigenvalue weighted by Gasteiger charge is -2.04. The molecule has 68 valence electrons. The van der Waals surface area contributed by atoms with E-state index in [1.807, 2.05) is 13.8 Å². The highest BCUT2D eigenvalue weighted by atomic mass is 32.2. The van der Waals surface area contributed by atoms with Gasteiger partial charge in [0.1, 0.15) is 0 Å². The molecule has 1 atom stereocenters. The molecule has 0 aromatic heterocycles. The van der Waals surface area contributed by atoms with Crippen LogP contribution in [0.15, 0.2) is 0 Å². The summed E-state index contributed by atoms with van der Waals surface area (Å²) in [4.78, 5) is 0. The van der Waals surface area contributed by atoms with Crippen LogP contribution in [-0.2, 0) is 10.0 Å². The topological polar surface area (TPSA) is 70.0 Å². The van der Waals surface area contributed by atoms with E-state index in [-0.39, 0.29) is 11.5 Å². The van der Waals surface area contributed by atoms with Gasteiger partial charge >= 0.3 is 0 Å². The molecule has 0 heterocycles. The predicted octanol–water partition coefficient (Wildman–Crippen LogP) is 0.228. The normalized spacial score (nSPS) is 26.2. The maximum atomic E-state index is 11.0. The molecular formula is C7H12N2O2S. The fraction of sp³-hybridized carbons (Fsp3) is 0.857. The highest BCUT2D eigenvalue weighted by Gasteiger charge is 2.47. The summed E-state index contributed by atoms with van der Waals surface area (Å²) < 4.78 is 24.5. The number of nitriles is 1. The maximum Gasteiger partial charge on any atom is 0.225 e. The first-order valence-electron chi connectivity index (χ1n) is 3.74. The van der Waals surface area contributed by atoms with Gasteiger partial charge in [-0.15, -0.1) is 0 Å². The molecule has 0 radical (unpaired) electrons. The van der Waals surface area contributed by atoms with Gasteiger partial charge in [-0.1, -0.05) is 13.8 Å². The molecule has 0 saturated heterocycles. The molecule has 0 bridgehead atoms. The van der Waals surface area contributed by atoms with Crippen molar-refractivity contribution in [3.05, 3.63) is 0 Å². The average molecular weight is 188 g/mol. The fourth-order valence-corrected chi connectivity index (χ4v) is 2.10. The summed E-state index contributed by atoms with van der Waals surface area (Å²) in [5, 5.41) is 8.20. The van der Waals surface area contributed by atoms with Gasteiger partial charge in [0.05, 0.1) is 6.07 Å². The molecule has 1 aliphatic rings. The van der Waals surface area contributed by atoms with Gasteiger partial charge in [0.2, 0.25) is 10.0 Å². The van der Waals surface area contributed by atoms with Gasteiger partial charge in [0.15, 0.2) is 5.75 Å². The minimum absolute atomic E-state index is 0.0239. The van der Waals surface area contributed by atoms with Crippen LogP contribution in [0.5, 0.6) is 0 Å². The highest BCUT2D eigenvalue weighted by Crippen LogP contribution is 2.44. The van der Waals surface area contributed by atoms with Gasteiger partial charge < -0.3 is 0 Å². The zero-order chi connectivity index (χ0) is 9.41. The monoisotopic (exact) mass is 188 g/mol. The number of hydrogen-bond donors (Lipinski definition) is 1. The third-order valence-electron chi connectivity index (χ3n) is 2.09. The molecule has 0 aromatic carbocycles. The zero-order valence-electron chi connectivity index (χ0n) is 7.16. The molecule has 12 heavy (non-hydrogen) atoms. The van der Waals surface area contributed by atoms with Crippen LogP contribution in [0.2, 0.25) is 0 Å². The molecule has 0 aromatic rings. The van der Waals surface area contributed by atoms with Crippen molar-refractivity contribution in [2.75, 3.05) is 5.75 Å². The van der Waals surface area contributed by atoms with E-state index in [0.29, 0.717) is 0 Å². The zero-order valence-corrected chi connectivity index (χ0v) is 7.98. The fourth-order valence-electron chi connectivity index (χ4n) is 1.01. The van der Waals surface area contributed by atoms with Crippen LogP contribution in [-0.4, -0.2) is 20.2 Å². The first-order chi connectivity index (χ1) is 5.37. The Morgan fingerprint density at radius 2 is 2.17 bits per heavy atom. The Balaban J connectivity index is 2.50. The Morgan fingerprint density at radius 1 is 1.67 bits per heavy atom. The number of hydrogen-bond acceptors (Lipinski definition) is 3. The summed E-state index contributed by atoms with van der Waals surface area (Å²) >= 11 is 0. The second-order valence-electron chi connectivity index (χ2n) is 3.78. The van der Waals surface area contributed by atoms with Crippen molar-refractivity contribution in [1.82, 2.24) is 4.72 Å². The first-order valence-corrected chi connectivity index (χ1v) is 5.39. The predicted molar refractivity (Wildman–Crippen MR) is 44.7 cm³/mol. The van der Waals surface area contributed by atoms with E-state index in [9.17, 15) is 8.42 Å². The van der Waals surface area contributed by atoms with E-state index >= 15 is 0 Å². The van der Waals surface area contributed by atoms with Crippen molar-refractivity contribution in [2.45, 2.75) is 26.3 Å². The van der Waals surface area contributed by atoms with Crippen LogP contribution in [0.4, 0.5) is 0 Å². The lowest BCUT2D eigenvalue weighted by atomic mass is 10.2. The average Bonchev–Trinajstić information content (AvgIpc) is 2.36. The van der Waals surface area contributed by atoms with Crippen LogP contribution in [0, 0.1) is 16.7 Å². The minimum Gasteiger partial charge on any atom is -0.211 e. The van der Waals surface area contributed by atoms with Gasteiger partial charge in [-0.2, -0.15) is 5.26 Å². The molecule has 1 unspecified atom stereocenters. The Morgan fingerprint density at radius 3 is 2.50 bits per heavy atom. The van der Waals surface area contributed by atoms with Crippen LogP contribution in [0.3, 0.4) is 0 Å². The van der Waals surface area contributed by atoms with Crippen LogP contribution < -0.4 is 4.72 Å². The van der Waals surface area contributed by atoms with E-state index < -0.39 is 15.8 Å². The number of nitrogens with one attached hydrogen (secondary N) is 1. The Kier molecular flexibility index (Phi) is 2.15. The second kappa shape index (κ2) is 2.71. The van der Waals surface area contributed by atoms with Gasteiger partial charge in [0, 0.05) is 6.04 Å². The molecule has 0 spiro atoms. The SMILES string of the molecule is CC1(C)CC1NS(=O)(=O)CC#N. The molecule has 0 aliphatic heterocycles. The van der Waals surface area contributed by atoms with E-state index in [0.717, 1.165) is 6.42 Å². The summed E-state index contributed by atoms with van der Waals surface area (Å²) in [6.07, 6.45) is 0.859. The molecule has 5 heteroatoms. The van der Waals surface area contributed by atoms with E-state index in [2.05, 4.69) is 4.72 Å². The summed E-state index contributed by atoms with van der Waals surface area (Å²) in [5.41, 5.74) is 0.0720. The van der Waals surface area contributed by atoms with Crippen molar-refractivity contribution in [3.8, 4) is 6.07 Å². The molecule has 1 saturated carbocycles. The number of sulfonamides is 1.